The molecule has 0 saturated carbocycles. The van der Waals surface area contributed by atoms with Crippen molar-refractivity contribution in [3.05, 3.63) is 52.6 Å². The smallest absolute Gasteiger partial charge is 0.244 e. The van der Waals surface area contributed by atoms with E-state index in [1.54, 1.807) is 23.7 Å². The number of nitrogens with zero attached hydrogens (tertiary/aromatic N) is 1. The zero-order chi connectivity index (χ0) is 15.9. The highest BCUT2D eigenvalue weighted by Gasteiger charge is 2.24. The standard InChI is InChI=1S/C17H20N2O2S2/c20-17(6-5-14-3-2-10-23-14)18-13-15(16-4-1-9-21-16)19-7-11-22-12-8-19/h1-6,9-10,15H,7-8,11-13H2,(H,18,20). The first-order chi connectivity index (χ1) is 11.3. The summed E-state index contributed by atoms with van der Waals surface area (Å²) in [7, 11) is 0. The number of carbonyl (C=O) groups is 1. The SMILES string of the molecule is O=C(C=Cc1cccs1)NCC(c1ccco1)N1CCSCC1. The van der Waals surface area contributed by atoms with Crippen LogP contribution in [0.3, 0.4) is 0 Å². The van der Waals surface area contributed by atoms with Gasteiger partial charge in [-0.2, -0.15) is 11.8 Å². The normalized spacial score (nSPS) is 17.4. The molecular formula is C17H20N2O2S2. The predicted octanol–water partition coefficient (Wildman–Crippen LogP) is 3.26. The first-order valence-electron chi connectivity index (χ1n) is 7.67. The van der Waals surface area contributed by atoms with Crippen LogP contribution in [0.2, 0.25) is 0 Å². The average molecular weight is 348 g/mol. The summed E-state index contributed by atoms with van der Waals surface area (Å²) in [6.07, 6.45) is 5.13. The van der Waals surface area contributed by atoms with Gasteiger partial charge in [0, 0.05) is 42.1 Å². The highest BCUT2D eigenvalue weighted by atomic mass is 32.2. The van der Waals surface area contributed by atoms with Crippen molar-refractivity contribution in [3.8, 4) is 0 Å². The van der Waals surface area contributed by atoms with Gasteiger partial charge < -0.3 is 9.73 Å². The molecule has 0 bridgehead atoms. The lowest BCUT2D eigenvalue weighted by molar-refractivity contribution is -0.116. The summed E-state index contributed by atoms with van der Waals surface area (Å²) >= 11 is 3.59. The molecule has 122 valence electrons. The Kier molecular flexibility index (Phi) is 5.96. The molecule has 4 nitrogen and oxygen atoms in total. The Morgan fingerprint density at radius 3 is 2.91 bits per heavy atom. The molecule has 1 aliphatic rings. The van der Waals surface area contributed by atoms with Gasteiger partial charge in [-0.1, -0.05) is 6.07 Å². The molecule has 1 saturated heterocycles. The second kappa shape index (κ2) is 8.38. The largest absolute Gasteiger partial charge is 0.468 e. The van der Waals surface area contributed by atoms with Crippen LogP contribution in [0.4, 0.5) is 0 Å². The van der Waals surface area contributed by atoms with Crippen LogP contribution in [-0.4, -0.2) is 41.9 Å². The van der Waals surface area contributed by atoms with Crippen LogP contribution in [0.1, 0.15) is 16.7 Å². The third kappa shape index (κ3) is 4.73. The van der Waals surface area contributed by atoms with Crippen LogP contribution in [0.5, 0.6) is 0 Å². The van der Waals surface area contributed by atoms with Crippen molar-refractivity contribution in [2.24, 2.45) is 0 Å². The molecule has 1 unspecified atom stereocenters. The minimum absolute atomic E-state index is 0.0682. The number of thioether (sulfide) groups is 1. The Morgan fingerprint density at radius 1 is 1.35 bits per heavy atom. The van der Waals surface area contributed by atoms with Crippen molar-refractivity contribution in [2.45, 2.75) is 6.04 Å². The fourth-order valence-corrected chi connectivity index (χ4v) is 4.13. The summed E-state index contributed by atoms with van der Waals surface area (Å²) in [6.45, 7) is 2.61. The fraction of sp³-hybridized carbons (Fsp3) is 0.353. The molecule has 2 aromatic heterocycles. The van der Waals surface area contributed by atoms with E-state index in [0.29, 0.717) is 6.54 Å². The molecule has 1 atom stereocenters. The van der Waals surface area contributed by atoms with Crippen LogP contribution in [0.25, 0.3) is 6.08 Å². The number of hydrogen-bond acceptors (Lipinski definition) is 5. The predicted molar refractivity (Wildman–Crippen MR) is 96.7 cm³/mol. The van der Waals surface area contributed by atoms with Crippen molar-refractivity contribution in [1.29, 1.82) is 0 Å². The zero-order valence-corrected chi connectivity index (χ0v) is 14.4. The molecule has 23 heavy (non-hydrogen) atoms. The summed E-state index contributed by atoms with van der Waals surface area (Å²) in [5.41, 5.74) is 0. The quantitative estimate of drug-likeness (QED) is 0.814. The minimum atomic E-state index is -0.0682. The van der Waals surface area contributed by atoms with Gasteiger partial charge in [0.05, 0.1) is 12.3 Å². The highest BCUT2D eigenvalue weighted by molar-refractivity contribution is 7.99. The number of furan rings is 1. The van der Waals surface area contributed by atoms with Gasteiger partial charge in [0.15, 0.2) is 0 Å². The molecule has 0 aliphatic carbocycles. The van der Waals surface area contributed by atoms with Crippen LogP contribution < -0.4 is 5.32 Å². The van der Waals surface area contributed by atoms with Gasteiger partial charge in [0.25, 0.3) is 0 Å². The van der Waals surface area contributed by atoms with E-state index in [4.69, 9.17) is 4.42 Å². The lowest BCUT2D eigenvalue weighted by Gasteiger charge is -2.33. The maximum Gasteiger partial charge on any atom is 0.244 e. The Morgan fingerprint density at radius 2 is 2.22 bits per heavy atom. The van der Waals surface area contributed by atoms with Crippen molar-refractivity contribution in [1.82, 2.24) is 10.2 Å². The fourth-order valence-electron chi connectivity index (χ4n) is 2.58. The lowest BCUT2D eigenvalue weighted by atomic mass is 10.2. The Balaban J connectivity index is 1.58. The van der Waals surface area contributed by atoms with Gasteiger partial charge in [-0.3, -0.25) is 9.69 Å². The molecule has 1 aliphatic heterocycles. The van der Waals surface area contributed by atoms with Crippen LogP contribution in [-0.2, 0) is 4.79 Å². The second-order valence-corrected chi connectivity index (χ2v) is 7.48. The van der Waals surface area contributed by atoms with Crippen LogP contribution in [0.15, 0.2) is 46.4 Å². The van der Waals surface area contributed by atoms with Gasteiger partial charge in [-0.25, -0.2) is 0 Å². The Bertz CT molecular complexity index is 617. The summed E-state index contributed by atoms with van der Waals surface area (Å²) < 4.78 is 5.58. The number of hydrogen-bond donors (Lipinski definition) is 1. The molecule has 0 spiro atoms. The van der Waals surface area contributed by atoms with Gasteiger partial charge in [-0.05, 0) is 29.7 Å². The van der Waals surface area contributed by atoms with E-state index < -0.39 is 0 Å². The molecule has 3 rings (SSSR count). The Hall–Kier alpha value is -1.50. The number of carbonyl (C=O) groups excluding carboxylic acids is 1. The third-order valence-corrected chi connectivity index (χ3v) is 5.55. The number of rotatable bonds is 6. The van der Waals surface area contributed by atoms with Crippen molar-refractivity contribution in [2.75, 3.05) is 31.1 Å². The van der Waals surface area contributed by atoms with Crippen molar-refractivity contribution in [3.63, 3.8) is 0 Å². The third-order valence-electron chi connectivity index (χ3n) is 3.77. The van der Waals surface area contributed by atoms with E-state index in [9.17, 15) is 4.79 Å². The van der Waals surface area contributed by atoms with Gasteiger partial charge in [0.2, 0.25) is 5.91 Å². The van der Waals surface area contributed by atoms with E-state index >= 15 is 0 Å². The molecule has 6 heteroatoms. The summed E-state index contributed by atoms with van der Waals surface area (Å²) in [5.74, 6) is 3.10. The van der Waals surface area contributed by atoms with E-state index in [2.05, 4.69) is 10.2 Å². The number of amides is 1. The number of thiophene rings is 1. The monoisotopic (exact) mass is 348 g/mol. The van der Waals surface area contributed by atoms with Crippen molar-refractivity contribution < 1.29 is 9.21 Å². The Labute approximate surface area is 144 Å². The molecule has 2 aromatic rings. The van der Waals surface area contributed by atoms with Crippen LogP contribution in [0, 0.1) is 0 Å². The molecule has 0 aromatic carbocycles. The summed E-state index contributed by atoms with van der Waals surface area (Å²) in [5, 5.41) is 5.00. The zero-order valence-electron chi connectivity index (χ0n) is 12.8. The maximum absolute atomic E-state index is 12.0. The van der Waals surface area contributed by atoms with Crippen molar-refractivity contribution >= 4 is 35.1 Å². The summed E-state index contributed by atoms with van der Waals surface area (Å²) in [4.78, 5) is 15.5. The van der Waals surface area contributed by atoms with E-state index in [1.807, 2.05) is 47.5 Å². The maximum atomic E-state index is 12.0. The second-order valence-electron chi connectivity index (χ2n) is 5.27. The summed E-state index contributed by atoms with van der Waals surface area (Å²) in [6, 6.07) is 7.96. The first-order valence-corrected chi connectivity index (χ1v) is 9.71. The highest BCUT2D eigenvalue weighted by Crippen LogP contribution is 2.24. The molecule has 1 N–H and O–H groups in total. The minimum Gasteiger partial charge on any atom is -0.468 e. The van der Waals surface area contributed by atoms with Crippen LogP contribution >= 0.6 is 23.1 Å². The molecule has 1 amide bonds. The lowest BCUT2D eigenvalue weighted by Crippen LogP contribution is -2.41. The van der Waals surface area contributed by atoms with E-state index in [-0.39, 0.29) is 11.9 Å². The van der Waals surface area contributed by atoms with Gasteiger partial charge in [0.1, 0.15) is 5.76 Å². The molecule has 0 radical (unpaired) electrons. The molecule has 3 heterocycles. The van der Waals surface area contributed by atoms with E-state index in [0.717, 1.165) is 35.2 Å². The molecular weight excluding hydrogens is 328 g/mol. The van der Waals surface area contributed by atoms with E-state index in [1.165, 1.54) is 0 Å². The van der Waals surface area contributed by atoms with Gasteiger partial charge >= 0.3 is 0 Å². The number of nitrogens with one attached hydrogen (secondary N) is 1. The molecule has 1 fully saturated rings. The first kappa shape index (κ1) is 16.4. The topological polar surface area (TPSA) is 45.5 Å². The van der Waals surface area contributed by atoms with Gasteiger partial charge in [-0.15, -0.1) is 11.3 Å². The average Bonchev–Trinajstić information content (AvgIpc) is 3.28.